The van der Waals surface area contributed by atoms with Gasteiger partial charge in [0.05, 0.1) is 0 Å². The van der Waals surface area contributed by atoms with Crippen LogP contribution in [0.1, 0.15) is 23.8 Å². The molecule has 0 radical (unpaired) electrons. The summed E-state index contributed by atoms with van der Waals surface area (Å²) >= 11 is 0. The number of nitrogens with zero attached hydrogens (tertiary/aromatic N) is 1. The fourth-order valence-corrected chi connectivity index (χ4v) is 1.29. The Morgan fingerprint density at radius 1 is 1.50 bits per heavy atom. The summed E-state index contributed by atoms with van der Waals surface area (Å²) in [5, 5.41) is 3.02. The van der Waals surface area contributed by atoms with Crippen molar-refractivity contribution in [2.75, 3.05) is 5.32 Å². The van der Waals surface area contributed by atoms with Gasteiger partial charge in [0.2, 0.25) is 5.91 Å². The molecule has 2 amide bonds. The van der Waals surface area contributed by atoms with Gasteiger partial charge in [-0.3, -0.25) is 14.6 Å². The van der Waals surface area contributed by atoms with Crippen LogP contribution in [-0.4, -0.2) is 22.8 Å². The van der Waals surface area contributed by atoms with E-state index >= 15 is 0 Å². The molecule has 0 aliphatic carbocycles. The number of carbonyl (C=O) groups is 2. The van der Waals surface area contributed by atoms with Gasteiger partial charge in [-0.1, -0.05) is 0 Å². The molecule has 1 aromatic rings. The molecular formula is C10H14N4O2. The number of carbonyl (C=O) groups excluding carboxylic acids is 2. The van der Waals surface area contributed by atoms with E-state index in [1.165, 1.54) is 12.3 Å². The fourth-order valence-electron chi connectivity index (χ4n) is 1.29. The highest BCUT2D eigenvalue weighted by Crippen LogP contribution is 2.10. The van der Waals surface area contributed by atoms with Crippen LogP contribution in [0.2, 0.25) is 0 Å². The highest BCUT2D eigenvalue weighted by Gasteiger charge is 2.07. The van der Waals surface area contributed by atoms with Crippen molar-refractivity contribution in [3.05, 3.63) is 24.0 Å². The first-order valence-corrected chi connectivity index (χ1v) is 4.79. The van der Waals surface area contributed by atoms with Gasteiger partial charge in [0.1, 0.15) is 5.69 Å². The van der Waals surface area contributed by atoms with Crippen molar-refractivity contribution < 1.29 is 9.59 Å². The van der Waals surface area contributed by atoms with Gasteiger partial charge in [-0.2, -0.15) is 0 Å². The smallest absolute Gasteiger partial charge is 0.267 e. The van der Waals surface area contributed by atoms with Crippen LogP contribution >= 0.6 is 0 Å². The van der Waals surface area contributed by atoms with E-state index < -0.39 is 5.91 Å². The quantitative estimate of drug-likeness (QED) is 0.643. The lowest BCUT2D eigenvalue weighted by molar-refractivity contribution is -0.118. The normalized spacial score (nSPS) is 11.8. The second-order valence-electron chi connectivity index (χ2n) is 3.51. The molecule has 0 aromatic carbocycles. The van der Waals surface area contributed by atoms with Gasteiger partial charge in [0.15, 0.2) is 0 Å². The Labute approximate surface area is 93.0 Å². The molecule has 0 saturated carbocycles. The predicted molar refractivity (Wildman–Crippen MR) is 59.7 cm³/mol. The SMILES string of the molecule is CC(CC(N)=O)Nc1ccnc(C(N)=O)c1. The van der Waals surface area contributed by atoms with Crippen LogP contribution in [0.4, 0.5) is 5.69 Å². The lowest BCUT2D eigenvalue weighted by Crippen LogP contribution is -2.24. The van der Waals surface area contributed by atoms with E-state index in [1.807, 2.05) is 6.92 Å². The van der Waals surface area contributed by atoms with E-state index in [0.29, 0.717) is 5.69 Å². The van der Waals surface area contributed by atoms with Crippen molar-refractivity contribution in [3.8, 4) is 0 Å². The first-order valence-electron chi connectivity index (χ1n) is 4.79. The Morgan fingerprint density at radius 2 is 2.19 bits per heavy atom. The number of anilines is 1. The highest BCUT2D eigenvalue weighted by molar-refractivity contribution is 5.91. The number of hydrogen-bond acceptors (Lipinski definition) is 4. The molecule has 0 fully saturated rings. The topological polar surface area (TPSA) is 111 Å². The van der Waals surface area contributed by atoms with Crippen molar-refractivity contribution in [2.24, 2.45) is 11.5 Å². The lowest BCUT2D eigenvalue weighted by Gasteiger charge is -2.13. The van der Waals surface area contributed by atoms with Gasteiger partial charge in [0, 0.05) is 24.3 Å². The molecule has 6 nitrogen and oxygen atoms in total. The molecule has 0 spiro atoms. The van der Waals surface area contributed by atoms with Gasteiger partial charge in [-0.05, 0) is 19.1 Å². The van der Waals surface area contributed by atoms with Gasteiger partial charge in [0.25, 0.3) is 5.91 Å². The Hall–Kier alpha value is -2.11. The zero-order valence-corrected chi connectivity index (χ0v) is 8.93. The molecule has 0 saturated heterocycles. The molecule has 0 aliphatic rings. The zero-order valence-electron chi connectivity index (χ0n) is 8.93. The number of primary amides is 2. The number of rotatable bonds is 5. The number of amides is 2. The molecule has 1 aromatic heterocycles. The number of nitrogens with two attached hydrogens (primary N) is 2. The molecule has 86 valence electrons. The van der Waals surface area contributed by atoms with Crippen molar-refractivity contribution in [3.63, 3.8) is 0 Å². The molecule has 1 atom stereocenters. The van der Waals surface area contributed by atoms with Gasteiger partial charge in [-0.15, -0.1) is 0 Å². The molecule has 0 bridgehead atoms. The predicted octanol–water partition coefficient (Wildman–Crippen LogP) is -0.144. The van der Waals surface area contributed by atoms with Crippen molar-refractivity contribution in [2.45, 2.75) is 19.4 Å². The zero-order chi connectivity index (χ0) is 12.1. The van der Waals surface area contributed by atoms with E-state index in [2.05, 4.69) is 10.3 Å². The summed E-state index contributed by atoms with van der Waals surface area (Å²) in [6, 6.07) is 3.10. The van der Waals surface area contributed by atoms with Crippen molar-refractivity contribution in [1.29, 1.82) is 0 Å². The van der Waals surface area contributed by atoms with Gasteiger partial charge in [-0.25, -0.2) is 0 Å². The maximum Gasteiger partial charge on any atom is 0.267 e. The van der Waals surface area contributed by atoms with E-state index in [1.54, 1.807) is 6.07 Å². The number of aromatic nitrogens is 1. The lowest BCUT2D eigenvalue weighted by atomic mass is 10.2. The second-order valence-corrected chi connectivity index (χ2v) is 3.51. The van der Waals surface area contributed by atoms with E-state index in [0.717, 1.165) is 0 Å². The average Bonchev–Trinajstić information content (AvgIpc) is 2.16. The molecule has 1 heterocycles. The van der Waals surface area contributed by atoms with E-state index in [9.17, 15) is 9.59 Å². The van der Waals surface area contributed by atoms with Gasteiger partial charge < -0.3 is 16.8 Å². The molecule has 16 heavy (non-hydrogen) atoms. The third-order valence-corrected chi connectivity index (χ3v) is 1.93. The van der Waals surface area contributed by atoms with Crippen molar-refractivity contribution in [1.82, 2.24) is 4.98 Å². The van der Waals surface area contributed by atoms with Crippen LogP contribution in [-0.2, 0) is 4.79 Å². The molecule has 5 N–H and O–H groups in total. The van der Waals surface area contributed by atoms with Crippen LogP contribution < -0.4 is 16.8 Å². The largest absolute Gasteiger partial charge is 0.382 e. The summed E-state index contributed by atoms with van der Waals surface area (Å²) in [7, 11) is 0. The molecular weight excluding hydrogens is 208 g/mol. The van der Waals surface area contributed by atoms with Gasteiger partial charge >= 0.3 is 0 Å². The third kappa shape index (κ3) is 3.56. The Bertz CT molecular complexity index is 406. The number of pyridine rings is 1. The summed E-state index contributed by atoms with van der Waals surface area (Å²) in [6.07, 6.45) is 1.69. The number of hydrogen-bond donors (Lipinski definition) is 3. The maximum atomic E-state index is 10.9. The first-order chi connectivity index (χ1) is 7.49. The van der Waals surface area contributed by atoms with Crippen LogP contribution in [0.15, 0.2) is 18.3 Å². The monoisotopic (exact) mass is 222 g/mol. The van der Waals surface area contributed by atoms with E-state index in [4.69, 9.17) is 11.5 Å². The summed E-state index contributed by atoms with van der Waals surface area (Å²) in [6.45, 7) is 1.81. The summed E-state index contributed by atoms with van der Waals surface area (Å²) in [5.41, 5.74) is 11.0. The molecule has 0 aliphatic heterocycles. The van der Waals surface area contributed by atoms with Crippen LogP contribution in [0.25, 0.3) is 0 Å². The summed E-state index contributed by atoms with van der Waals surface area (Å²) < 4.78 is 0. The Kier molecular flexibility index (Phi) is 3.82. The summed E-state index contributed by atoms with van der Waals surface area (Å²) in [5.74, 6) is -0.976. The molecule has 1 rings (SSSR count). The Morgan fingerprint density at radius 3 is 2.75 bits per heavy atom. The average molecular weight is 222 g/mol. The van der Waals surface area contributed by atoms with Crippen molar-refractivity contribution >= 4 is 17.5 Å². The minimum absolute atomic E-state index is 0.111. The van der Waals surface area contributed by atoms with E-state index in [-0.39, 0.29) is 24.1 Å². The Balaban J connectivity index is 2.70. The molecule has 6 heteroatoms. The van der Waals surface area contributed by atoms with Crippen LogP contribution in [0, 0.1) is 0 Å². The summed E-state index contributed by atoms with van der Waals surface area (Å²) in [4.78, 5) is 25.3. The fraction of sp³-hybridized carbons (Fsp3) is 0.300. The maximum absolute atomic E-state index is 10.9. The minimum atomic E-state index is -0.591. The van der Waals surface area contributed by atoms with Crippen LogP contribution in [0.3, 0.4) is 0 Å². The first kappa shape index (κ1) is 12.0. The number of nitrogens with one attached hydrogen (secondary N) is 1. The highest BCUT2D eigenvalue weighted by atomic mass is 16.1. The third-order valence-electron chi connectivity index (χ3n) is 1.93. The second kappa shape index (κ2) is 5.11. The molecule has 1 unspecified atom stereocenters. The minimum Gasteiger partial charge on any atom is -0.382 e. The standard InChI is InChI=1S/C10H14N4O2/c1-6(4-9(11)15)14-7-2-3-13-8(5-7)10(12)16/h2-3,5-6H,4H2,1H3,(H2,11,15)(H2,12,16)(H,13,14). The van der Waals surface area contributed by atoms with Crippen LogP contribution in [0.5, 0.6) is 0 Å².